The van der Waals surface area contributed by atoms with E-state index in [0.717, 1.165) is 62.0 Å². The van der Waals surface area contributed by atoms with Gasteiger partial charge in [-0.2, -0.15) is 0 Å². The third kappa shape index (κ3) is 3.80. The number of rotatable bonds is 6. The lowest BCUT2D eigenvalue weighted by Crippen LogP contribution is -2.30. The molecule has 6 nitrogen and oxygen atoms in total. The fourth-order valence-electron chi connectivity index (χ4n) is 4.20. The van der Waals surface area contributed by atoms with Gasteiger partial charge in [0.1, 0.15) is 10.7 Å². The second-order valence-corrected chi connectivity index (χ2v) is 9.08. The maximum atomic E-state index is 12.7. The van der Waals surface area contributed by atoms with Crippen LogP contribution in [0.2, 0.25) is 0 Å². The number of amides is 1. The number of aryl methyl sites for hydroxylation is 1. The Morgan fingerprint density at radius 2 is 2.22 bits per heavy atom. The Labute approximate surface area is 163 Å². The van der Waals surface area contributed by atoms with Crippen molar-refractivity contribution in [3.63, 3.8) is 0 Å². The third-order valence-electron chi connectivity index (χ3n) is 5.82. The fourth-order valence-corrected chi connectivity index (χ4v) is 5.59. The molecule has 0 unspecified atom stereocenters. The first-order valence-electron chi connectivity index (χ1n) is 10.1. The summed E-state index contributed by atoms with van der Waals surface area (Å²) in [5.74, 6) is 1.67. The van der Waals surface area contributed by atoms with E-state index in [9.17, 15) is 9.59 Å². The first-order valence-corrected chi connectivity index (χ1v) is 10.9. The van der Waals surface area contributed by atoms with Crippen LogP contribution in [0.1, 0.15) is 61.8 Å². The Balaban J connectivity index is 1.42. The third-order valence-corrected chi connectivity index (χ3v) is 6.97. The lowest BCUT2D eigenvalue weighted by atomic mass is 9.89. The largest absolute Gasteiger partial charge is 0.343 e. The standard InChI is InChI=1S/C20H28N4O2S/c1-12-6-7-14-15(11-12)27-20-17(14)19(26)22-18(23-20)13(2)21-8-4-10-24-9-3-5-16(24)25/h12-13,21H,3-11H2,1-2H3,(H,22,23,26)/t12-,13+/m0/s1. The van der Waals surface area contributed by atoms with Crippen LogP contribution in [0.4, 0.5) is 0 Å². The zero-order chi connectivity index (χ0) is 19.0. The van der Waals surface area contributed by atoms with E-state index in [1.165, 1.54) is 10.4 Å². The van der Waals surface area contributed by atoms with E-state index in [1.54, 1.807) is 11.3 Å². The van der Waals surface area contributed by atoms with Crippen LogP contribution in [0.15, 0.2) is 4.79 Å². The molecule has 2 aromatic heterocycles. The second-order valence-electron chi connectivity index (χ2n) is 8.00. The van der Waals surface area contributed by atoms with Crippen LogP contribution < -0.4 is 10.9 Å². The minimum Gasteiger partial charge on any atom is -0.343 e. The van der Waals surface area contributed by atoms with E-state index in [-0.39, 0.29) is 17.5 Å². The number of thiophene rings is 1. The molecule has 1 aliphatic heterocycles. The van der Waals surface area contributed by atoms with E-state index < -0.39 is 0 Å². The van der Waals surface area contributed by atoms with E-state index >= 15 is 0 Å². The monoisotopic (exact) mass is 388 g/mol. The molecule has 7 heteroatoms. The number of likely N-dealkylation sites (tertiary alicyclic amines) is 1. The Morgan fingerprint density at radius 3 is 3.00 bits per heavy atom. The Morgan fingerprint density at radius 1 is 1.37 bits per heavy atom. The highest BCUT2D eigenvalue weighted by molar-refractivity contribution is 7.18. The molecule has 0 aromatic carbocycles. The summed E-state index contributed by atoms with van der Waals surface area (Å²) in [6, 6.07) is -0.0190. The van der Waals surface area contributed by atoms with Crippen LogP contribution in [0.25, 0.3) is 10.2 Å². The van der Waals surface area contributed by atoms with Crippen LogP contribution >= 0.6 is 11.3 Å². The van der Waals surface area contributed by atoms with Crippen molar-refractivity contribution in [2.75, 3.05) is 19.6 Å². The summed E-state index contributed by atoms with van der Waals surface area (Å²) >= 11 is 1.69. The molecular formula is C20H28N4O2S. The summed E-state index contributed by atoms with van der Waals surface area (Å²) < 4.78 is 0. The zero-order valence-electron chi connectivity index (χ0n) is 16.1. The normalized spacial score (nSPS) is 21.0. The van der Waals surface area contributed by atoms with Gasteiger partial charge in [-0.3, -0.25) is 9.59 Å². The minimum atomic E-state index is -0.0190. The van der Waals surface area contributed by atoms with Crippen LogP contribution in [0, 0.1) is 5.92 Å². The molecule has 0 radical (unpaired) electrons. The van der Waals surface area contributed by atoms with Crippen LogP contribution in [-0.2, 0) is 17.6 Å². The number of H-pyrrole nitrogens is 1. The molecule has 2 aromatic rings. The second kappa shape index (κ2) is 7.72. The first-order chi connectivity index (χ1) is 13.0. The lowest BCUT2D eigenvalue weighted by molar-refractivity contribution is -0.127. The van der Waals surface area contributed by atoms with Crippen LogP contribution in [0.5, 0.6) is 0 Å². The Bertz CT molecular complexity index is 903. The number of nitrogens with zero attached hydrogens (tertiary/aromatic N) is 2. The van der Waals surface area contributed by atoms with Crippen molar-refractivity contribution in [1.29, 1.82) is 0 Å². The number of fused-ring (bicyclic) bond motifs is 3. The predicted octanol–water partition coefficient (Wildman–Crippen LogP) is 2.77. The van der Waals surface area contributed by atoms with Gasteiger partial charge < -0.3 is 15.2 Å². The number of nitrogens with one attached hydrogen (secondary N) is 2. The van der Waals surface area contributed by atoms with Gasteiger partial charge in [-0.1, -0.05) is 6.92 Å². The van der Waals surface area contributed by atoms with Crippen LogP contribution in [0.3, 0.4) is 0 Å². The molecule has 1 amide bonds. The smallest absolute Gasteiger partial charge is 0.259 e. The summed E-state index contributed by atoms with van der Waals surface area (Å²) in [5, 5.41) is 4.24. The van der Waals surface area contributed by atoms with Crippen LogP contribution in [-0.4, -0.2) is 40.4 Å². The van der Waals surface area contributed by atoms with Crippen molar-refractivity contribution in [2.45, 2.75) is 58.4 Å². The molecule has 1 fully saturated rings. The molecule has 4 rings (SSSR count). The molecule has 2 atom stereocenters. The van der Waals surface area contributed by atoms with Crippen molar-refractivity contribution in [3.8, 4) is 0 Å². The molecule has 0 bridgehead atoms. The molecule has 1 aliphatic carbocycles. The SMILES string of the molecule is C[C@H]1CCc2c(sc3nc([C@@H](C)NCCCN4CCCC4=O)[nH]c(=O)c23)C1. The quantitative estimate of drug-likeness (QED) is 0.746. The number of aromatic nitrogens is 2. The summed E-state index contributed by atoms with van der Waals surface area (Å²) in [6.45, 7) is 6.79. The molecule has 2 N–H and O–H groups in total. The van der Waals surface area contributed by atoms with Gasteiger partial charge in [0.05, 0.1) is 11.4 Å². The number of carbonyl (C=O) groups is 1. The highest BCUT2D eigenvalue weighted by atomic mass is 32.1. The van der Waals surface area contributed by atoms with Gasteiger partial charge in [-0.25, -0.2) is 4.98 Å². The average molecular weight is 389 g/mol. The zero-order valence-corrected chi connectivity index (χ0v) is 17.0. The molecule has 27 heavy (non-hydrogen) atoms. The number of aromatic amines is 1. The van der Waals surface area contributed by atoms with Gasteiger partial charge in [0, 0.05) is 24.4 Å². The summed E-state index contributed by atoms with van der Waals surface area (Å²) in [5.41, 5.74) is 1.22. The molecule has 0 spiro atoms. The molecular weight excluding hydrogens is 360 g/mol. The van der Waals surface area contributed by atoms with Gasteiger partial charge in [0.25, 0.3) is 5.56 Å². The van der Waals surface area contributed by atoms with E-state index in [0.29, 0.717) is 18.2 Å². The van der Waals surface area contributed by atoms with E-state index in [2.05, 4.69) is 17.2 Å². The van der Waals surface area contributed by atoms with Gasteiger partial charge in [0.2, 0.25) is 5.91 Å². The van der Waals surface area contributed by atoms with E-state index in [1.807, 2.05) is 11.8 Å². The van der Waals surface area contributed by atoms with Crippen molar-refractivity contribution >= 4 is 27.5 Å². The van der Waals surface area contributed by atoms with Gasteiger partial charge >= 0.3 is 0 Å². The number of carbonyl (C=O) groups excluding carboxylic acids is 1. The summed E-state index contributed by atoms with van der Waals surface area (Å²) in [6.07, 6.45) is 5.79. The summed E-state index contributed by atoms with van der Waals surface area (Å²) in [4.78, 5) is 36.3. The molecule has 3 heterocycles. The van der Waals surface area contributed by atoms with Gasteiger partial charge in [-0.05, 0) is 57.1 Å². The minimum absolute atomic E-state index is 0.00151. The highest BCUT2D eigenvalue weighted by Crippen LogP contribution is 2.35. The highest BCUT2D eigenvalue weighted by Gasteiger charge is 2.24. The Hall–Kier alpha value is -1.73. The topological polar surface area (TPSA) is 78.1 Å². The molecule has 146 valence electrons. The molecule has 1 saturated heterocycles. The van der Waals surface area contributed by atoms with Crippen molar-refractivity contribution < 1.29 is 4.79 Å². The van der Waals surface area contributed by atoms with E-state index in [4.69, 9.17) is 4.98 Å². The van der Waals surface area contributed by atoms with Gasteiger partial charge in [0.15, 0.2) is 0 Å². The fraction of sp³-hybridized carbons (Fsp3) is 0.650. The average Bonchev–Trinajstić information content (AvgIpc) is 3.21. The number of hydrogen-bond donors (Lipinski definition) is 2. The predicted molar refractivity (Wildman–Crippen MR) is 108 cm³/mol. The van der Waals surface area contributed by atoms with Crippen molar-refractivity contribution in [3.05, 3.63) is 26.6 Å². The maximum Gasteiger partial charge on any atom is 0.259 e. The lowest BCUT2D eigenvalue weighted by Gasteiger charge is -2.17. The Kier molecular flexibility index (Phi) is 5.32. The van der Waals surface area contributed by atoms with Crippen molar-refractivity contribution in [2.24, 2.45) is 5.92 Å². The number of hydrogen-bond acceptors (Lipinski definition) is 5. The maximum absolute atomic E-state index is 12.7. The van der Waals surface area contributed by atoms with Crippen molar-refractivity contribution in [1.82, 2.24) is 20.2 Å². The molecule has 2 aliphatic rings. The first kappa shape index (κ1) is 18.6. The van der Waals surface area contributed by atoms with Gasteiger partial charge in [-0.15, -0.1) is 11.3 Å². The summed E-state index contributed by atoms with van der Waals surface area (Å²) in [7, 11) is 0. The molecule has 0 saturated carbocycles.